The second-order valence-electron chi connectivity index (χ2n) is 11.8. The normalized spacial score (nSPS) is 15.4. The number of carbonyl (C=O) groups excluding carboxylic acids is 2. The molecular formula is C29H44N4O4. The molecule has 204 valence electrons. The second-order valence-corrected chi connectivity index (χ2v) is 11.8. The van der Waals surface area contributed by atoms with Gasteiger partial charge in [0.2, 0.25) is 11.8 Å². The Balaban J connectivity index is 2.40. The van der Waals surface area contributed by atoms with E-state index in [9.17, 15) is 19.5 Å². The smallest absolute Gasteiger partial charge is 0.331 e. The molecule has 0 bridgehead atoms. The van der Waals surface area contributed by atoms with Gasteiger partial charge in [-0.15, -0.1) is 0 Å². The van der Waals surface area contributed by atoms with E-state index in [1.165, 1.54) is 6.92 Å². The van der Waals surface area contributed by atoms with Crippen LogP contribution in [0, 0.1) is 11.3 Å². The van der Waals surface area contributed by atoms with Gasteiger partial charge in [0.15, 0.2) is 0 Å². The van der Waals surface area contributed by atoms with Crippen LogP contribution in [0.4, 0.5) is 0 Å². The van der Waals surface area contributed by atoms with Crippen LogP contribution in [0.2, 0.25) is 0 Å². The van der Waals surface area contributed by atoms with E-state index < -0.39 is 34.9 Å². The van der Waals surface area contributed by atoms with Crippen LogP contribution < -0.4 is 10.6 Å². The number of aromatic amines is 1. The van der Waals surface area contributed by atoms with Crippen LogP contribution in [-0.4, -0.2) is 65.0 Å². The van der Waals surface area contributed by atoms with Gasteiger partial charge in [-0.2, -0.15) is 0 Å². The first-order chi connectivity index (χ1) is 17.0. The summed E-state index contributed by atoms with van der Waals surface area (Å²) in [5.74, 6) is -1.60. The van der Waals surface area contributed by atoms with Crippen molar-refractivity contribution in [2.45, 2.75) is 78.9 Å². The molecule has 8 nitrogen and oxygen atoms in total. The number of aromatic nitrogens is 1. The highest BCUT2D eigenvalue weighted by atomic mass is 16.4. The molecule has 0 aliphatic carbocycles. The Labute approximate surface area is 220 Å². The molecule has 0 aliphatic heterocycles. The van der Waals surface area contributed by atoms with Gasteiger partial charge in [-0.3, -0.25) is 9.59 Å². The lowest BCUT2D eigenvalue weighted by Gasteiger charge is -2.39. The van der Waals surface area contributed by atoms with E-state index in [1.54, 1.807) is 25.1 Å². The van der Waals surface area contributed by atoms with Crippen molar-refractivity contribution in [3.8, 4) is 0 Å². The van der Waals surface area contributed by atoms with Gasteiger partial charge >= 0.3 is 5.97 Å². The molecule has 3 atom stereocenters. The molecule has 1 unspecified atom stereocenters. The van der Waals surface area contributed by atoms with Crippen molar-refractivity contribution in [2.24, 2.45) is 11.3 Å². The van der Waals surface area contributed by atoms with Gasteiger partial charge in [-0.1, -0.05) is 72.7 Å². The lowest BCUT2D eigenvalue weighted by atomic mass is 9.76. The number of carboxylic acid groups (broad SMARTS) is 1. The van der Waals surface area contributed by atoms with Crippen LogP contribution in [-0.2, 0) is 19.8 Å². The van der Waals surface area contributed by atoms with Crippen LogP contribution in [0.15, 0.2) is 42.1 Å². The molecule has 1 aromatic heterocycles. The minimum absolute atomic E-state index is 0.0227. The maximum atomic E-state index is 13.8. The number of hydrogen-bond acceptors (Lipinski definition) is 4. The molecule has 2 rings (SSSR count). The minimum Gasteiger partial charge on any atom is -0.478 e. The summed E-state index contributed by atoms with van der Waals surface area (Å²) in [6, 6.07) is 6.09. The van der Waals surface area contributed by atoms with Gasteiger partial charge < -0.3 is 25.6 Å². The Morgan fingerprint density at radius 3 is 2.16 bits per heavy atom. The number of carboxylic acids is 1. The van der Waals surface area contributed by atoms with E-state index in [1.807, 2.05) is 78.9 Å². The topological polar surface area (TPSA) is 115 Å². The Bertz CT molecular complexity index is 1160. The van der Waals surface area contributed by atoms with Crippen LogP contribution in [0.1, 0.15) is 61.0 Å². The fourth-order valence-corrected chi connectivity index (χ4v) is 4.88. The second kappa shape index (κ2) is 11.5. The van der Waals surface area contributed by atoms with Crippen LogP contribution >= 0.6 is 0 Å². The lowest BCUT2D eigenvalue weighted by Crippen LogP contribution is -2.61. The summed E-state index contributed by atoms with van der Waals surface area (Å²) in [7, 11) is 3.41. The number of fused-ring (bicyclic) bond motifs is 1. The van der Waals surface area contributed by atoms with Gasteiger partial charge in [0.25, 0.3) is 0 Å². The lowest BCUT2D eigenvalue weighted by molar-refractivity contribution is -0.141. The number of benzene rings is 1. The van der Waals surface area contributed by atoms with Crippen LogP contribution in [0.25, 0.3) is 10.9 Å². The number of nitrogens with zero attached hydrogens (tertiary/aromatic N) is 1. The summed E-state index contributed by atoms with van der Waals surface area (Å²) in [6.07, 6.45) is 3.54. The van der Waals surface area contributed by atoms with Crippen LogP contribution in [0.3, 0.4) is 0 Å². The van der Waals surface area contributed by atoms with Gasteiger partial charge in [0, 0.05) is 35.1 Å². The number of likely N-dealkylation sites (N-methyl/N-ethyl adjacent to an activating group) is 2. The van der Waals surface area contributed by atoms with Crippen molar-refractivity contribution in [2.75, 3.05) is 14.1 Å². The zero-order valence-corrected chi connectivity index (χ0v) is 23.9. The van der Waals surface area contributed by atoms with Gasteiger partial charge in [-0.05, 0) is 36.9 Å². The van der Waals surface area contributed by atoms with Crippen molar-refractivity contribution in [1.29, 1.82) is 0 Å². The number of rotatable bonds is 10. The zero-order chi connectivity index (χ0) is 28.3. The molecule has 0 spiro atoms. The predicted octanol–water partition coefficient (Wildman–Crippen LogP) is 4.08. The van der Waals surface area contributed by atoms with Crippen molar-refractivity contribution in [3.05, 3.63) is 47.7 Å². The molecule has 0 aliphatic rings. The summed E-state index contributed by atoms with van der Waals surface area (Å²) in [6.45, 7) is 15.1. The van der Waals surface area contributed by atoms with E-state index in [0.717, 1.165) is 16.5 Å². The minimum atomic E-state index is -1.02. The fraction of sp³-hybridized carbons (Fsp3) is 0.552. The number of carbonyl (C=O) groups is 3. The highest BCUT2D eigenvalue weighted by Gasteiger charge is 2.42. The van der Waals surface area contributed by atoms with E-state index in [0.29, 0.717) is 0 Å². The summed E-state index contributed by atoms with van der Waals surface area (Å²) >= 11 is 0. The molecule has 37 heavy (non-hydrogen) atoms. The van der Waals surface area contributed by atoms with E-state index in [2.05, 4.69) is 15.6 Å². The Kier molecular flexibility index (Phi) is 9.36. The van der Waals surface area contributed by atoms with E-state index in [-0.39, 0.29) is 23.3 Å². The van der Waals surface area contributed by atoms with E-state index in [4.69, 9.17) is 0 Å². The molecule has 0 fully saturated rings. The first kappa shape index (κ1) is 30.1. The number of hydrogen-bond donors (Lipinski definition) is 4. The van der Waals surface area contributed by atoms with Crippen molar-refractivity contribution in [3.63, 3.8) is 0 Å². The Hall–Kier alpha value is -3.13. The average molecular weight is 513 g/mol. The number of amides is 2. The number of H-pyrrole nitrogens is 1. The third-order valence-electron chi connectivity index (χ3n) is 7.19. The van der Waals surface area contributed by atoms with E-state index >= 15 is 0 Å². The predicted molar refractivity (Wildman–Crippen MR) is 148 cm³/mol. The van der Waals surface area contributed by atoms with Gasteiger partial charge in [-0.25, -0.2) is 4.79 Å². The SMILES string of the molecule is CN[C@H](C(=O)N[C@H](C(=O)N(C)C(/C=C(\C)C(=O)O)C(C)C)C(C)(C)C)C(C)(C)c1c[nH]c2ccccc12. The van der Waals surface area contributed by atoms with Crippen LogP contribution in [0.5, 0.6) is 0 Å². The maximum absolute atomic E-state index is 13.8. The highest BCUT2D eigenvalue weighted by Crippen LogP contribution is 2.34. The number of aliphatic carboxylic acids is 1. The molecule has 0 saturated heterocycles. The standard InChI is InChI=1S/C29H44N4O4/c1-17(2)22(15-18(3)27(36)37)33(10)26(35)24(28(4,5)6)32-25(34)23(30-9)29(7,8)20-16-31-21-14-12-11-13-19(20)21/h11-17,22-24,30-31H,1-10H3,(H,32,34)(H,36,37)/b18-15+/t22?,23-,24-/m1/s1. The van der Waals surface area contributed by atoms with Gasteiger partial charge in [0.1, 0.15) is 6.04 Å². The Morgan fingerprint density at radius 1 is 1.05 bits per heavy atom. The number of para-hydroxylation sites is 1. The van der Waals surface area contributed by atoms with Gasteiger partial charge in [0.05, 0.1) is 12.1 Å². The summed E-state index contributed by atoms with van der Waals surface area (Å²) in [5.41, 5.74) is 0.983. The molecule has 2 aromatic rings. The van der Waals surface area contributed by atoms with Crippen molar-refractivity contribution < 1.29 is 19.5 Å². The molecule has 1 aromatic carbocycles. The quantitative estimate of drug-likeness (QED) is 0.358. The molecule has 0 saturated carbocycles. The molecule has 0 radical (unpaired) electrons. The largest absolute Gasteiger partial charge is 0.478 e. The first-order valence-electron chi connectivity index (χ1n) is 12.8. The van der Waals surface area contributed by atoms with Crippen molar-refractivity contribution >= 4 is 28.7 Å². The monoisotopic (exact) mass is 512 g/mol. The summed E-state index contributed by atoms with van der Waals surface area (Å²) in [5, 5.41) is 16.6. The molecule has 1 heterocycles. The summed E-state index contributed by atoms with van der Waals surface area (Å²) < 4.78 is 0. The molecule has 4 N–H and O–H groups in total. The number of nitrogens with one attached hydrogen (secondary N) is 3. The van der Waals surface area contributed by atoms with Crippen molar-refractivity contribution in [1.82, 2.24) is 20.5 Å². The third kappa shape index (κ3) is 6.60. The molecule has 8 heteroatoms. The first-order valence-corrected chi connectivity index (χ1v) is 12.8. The molecular weight excluding hydrogens is 468 g/mol. The zero-order valence-electron chi connectivity index (χ0n) is 23.9. The highest BCUT2D eigenvalue weighted by molar-refractivity contribution is 5.93. The Morgan fingerprint density at radius 2 is 1.65 bits per heavy atom. The average Bonchev–Trinajstić information content (AvgIpc) is 3.24. The molecule has 2 amide bonds. The fourth-order valence-electron chi connectivity index (χ4n) is 4.88. The summed E-state index contributed by atoms with van der Waals surface area (Å²) in [4.78, 5) is 43.8. The third-order valence-corrected chi connectivity index (χ3v) is 7.19. The maximum Gasteiger partial charge on any atom is 0.331 e.